The van der Waals surface area contributed by atoms with Crippen LogP contribution in [-0.2, 0) is 6.42 Å². The summed E-state index contributed by atoms with van der Waals surface area (Å²) in [5.41, 5.74) is 13.2. The van der Waals surface area contributed by atoms with Crippen LogP contribution in [0, 0.1) is 0 Å². The SMILES string of the molecule is C=C1/C=C(/C)C(S(c2ccccc2)(c2ccccc2)C2C(C)=Cc3c(-c4cccc5ccccc45)cccc32)C/C=C\C=C/1N1CCc2ccccc21. The number of rotatable bonds is 6. The van der Waals surface area contributed by atoms with Gasteiger partial charge in [0.1, 0.15) is 0 Å². The Kier molecular flexibility index (Phi) is 8.64. The average molecular weight is 704 g/mol. The Morgan fingerprint density at radius 3 is 2.09 bits per heavy atom. The minimum Gasteiger partial charge on any atom is -0.340 e. The first-order valence-electron chi connectivity index (χ1n) is 18.9. The van der Waals surface area contributed by atoms with Crippen molar-refractivity contribution in [2.45, 2.75) is 47.0 Å². The third kappa shape index (κ3) is 5.56. The van der Waals surface area contributed by atoms with Gasteiger partial charge in [-0.3, -0.25) is 0 Å². The second-order valence-electron chi connectivity index (χ2n) is 14.6. The molecular weight excluding hydrogens is 659 g/mol. The first-order chi connectivity index (χ1) is 26.1. The number of nitrogens with zero attached hydrogens (tertiary/aromatic N) is 1. The summed E-state index contributed by atoms with van der Waals surface area (Å²) in [5.74, 6) is 0. The van der Waals surface area contributed by atoms with E-state index in [1.807, 2.05) is 0 Å². The molecule has 1 heterocycles. The van der Waals surface area contributed by atoms with Crippen molar-refractivity contribution in [1.29, 1.82) is 0 Å². The van der Waals surface area contributed by atoms with Crippen LogP contribution >= 0.6 is 10.0 Å². The van der Waals surface area contributed by atoms with E-state index < -0.39 is 10.0 Å². The molecule has 2 heteroatoms. The number of hydrogen-bond donors (Lipinski definition) is 0. The van der Waals surface area contributed by atoms with Crippen molar-refractivity contribution < 1.29 is 0 Å². The van der Waals surface area contributed by atoms with Crippen LogP contribution in [0.25, 0.3) is 28.0 Å². The van der Waals surface area contributed by atoms with Crippen LogP contribution in [0.15, 0.2) is 209 Å². The van der Waals surface area contributed by atoms with Crippen molar-refractivity contribution in [2.24, 2.45) is 0 Å². The van der Waals surface area contributed by atoms with Crippen LogP contribution in [0.1, 0.15) is 42.2 Å². The number of anilines is 1. The Balaban J connectivity index is 1.25. The molecule has 0 aromatic heterocycles. The molecule has 1 nitrogen and oxygen atoms in total. The molecule has 6 aromatic rings. The Labute approximate surface area is 316 Å². The predicted octanol–water partition coefficient (Wildman–Crippen LogP) is 13.7. The van der Waals surface area contributed by atoms with E-state index in [1.54, 1.807) is 0 Å². The third-order valence-electron chi connectivity index (χ3n) is 11.5. The van der Waals surface area contributed by atoms with Gasteiger partial charge >= 0.3 is 0 Å². The zero-order valence-electron chi connectivity index (χ0n) is 30.6. The molecule has 0 bridgehead atoms. The lowest BCUT2D eigenvalue weighted by Gasteiger charge is -2.53. The van der Waals surface area contributed by atoms with Gasteiger partial charge in [-0.05, 0) is 117 Å². The molecule has 3 aliphatic rings. The summed E-state index contributed by atoms with van der Waals surface area (Å²) < 4.78 is 0. The van der Waals surface area contributed by atoms with Crippen molar-refractivity contribution in [3.05, 3.63) is 216 Å². The Hall–Kier alpha value is -5.57. The lowest BCUT2D eigenvalue weighted by molar-refractivity contribution is 0.939. The van der Waals surface area contributed by atoms with E-state index in [-0.39, 0.29) is 10.5 Å². The smallest absolute Gasteiger partial charge is 0.0478 e. The van der Waals surface area contributed by atoms with E-state index in [4.69, 9.17) is 6.58 Å². The maximum Gasteiger partial charge on any atom is 0.0478 e. The third-order valence-corrected chi connectivity index (χ3v) is 16.5. The molecule has 0 saturated heterocycles. The Bertz CT molecular complexity index is 2440. The summed E-state index contributed by atoms with van der Waals surface area (Å²) in [7, 11) is -1.82. The van der Waals surface area contributed by atoms with Crippen LogP contribution in [0.3, 0.4) is 0 Å². The zero-order chi connectivity index (χ0) is 35.9. The molecule has 0 spiro atoms. The molecule has 0 amide bonds. The molecule has 6 aromatic carbocycles. The topological polar surface area (TPSA) is 3.24 Å². The molecule has 0 radical (unpaired) electrons. The molecule has 9 rings (SSSR count). The fourth-order valence-electron chi connectivity index (χ4n) is 9.30. The van der Waals surface area contributed by atoms with Gasteiger partial charge in [-0.25, -0.2) is 0 Å². The number of allylic oxidation sites excluding steroid dienone is 4. The van der Waals surface area contributed by atoms with E-state index >= 15 is 0 Å². The zero-order valence-corrected chi connectivity index (χ0v) is 31.4. The Morgan fingerprint density at radius 2 is 1.30 bits per heavy atom. The van der Waals surface area contributed by atoms with E-state index in [2.05, 4.69) is 195 Å². The summed E-state index contributed by atoms with van der Waals surface area (Å²) in [5, 5.41) is 2.98. The fourth-order valence-corrected chi connectivity index (χ4v) is 14.6. The number of para-hydroxylation sites is 1. The largest absolute Gasteiger partial charge is 0.340 e. The molecule has 260 valence electrons. The van der Waals surface area contributed by atoms with Crippen LogP contribution in [0.5, 0.6) is 0 Å². The molecule has 2 aliphatic carbocycles. The molecule has 2 unspecified atom stereocenters. The highest BCUT2D eigenvalue weighted by Gasteiger charge is 2.47. The van der Waals surface area contributed by atoms with Gasteiger partial charge in [-0.15, -0.1) is 0 Å². The highest BCUT2D eigenvalue weighted by Crippen LogP contribution is 2.79. The quantitative estimate of drug-likeness (QED) is 0.167. The summed E-state index contributed by atoms with van der Waals surface area (Å²) >= 11 is 0. The van der Waals surface area contributed by atoms with Crippen molar-refractivity contribution >= 4 is 32.6 Å². The minimum atomic E-state index is -1.82. The predicted molar refractivity (Wildman–Crippen MR) is 229 cm³/mol. The molecule has 2 atom stereocenters. The van der Waals surface area contributed by atoms with Crippen LogP contribution in [0.4, 0.5) is 5.69 Å². The molecule has 0 saturated carbocycles. The van der Waals surface area contributed by atoms with E-state index in [0.717, 1.165) is 25.0 Å². The molecule has 1 aliphatic heterocycles. The van der Waals surface area contributed by atoms with Crippen molar-refractivity contribution in [1.82, 2.24) is 0 Å². The lowest BCUT2D eigenvalue weighted by atomic mass is 9.93. The van der Waals surface area contributed by atoms with Gasteiger partial charge in [0.25, 0.3) is 0 Å². The summed E-state index contributed by atoms with van der Waals surface area (Å²) in [6.45, 7) is 10.5. The molecule has 53 heavy (non-hydrogen) atoms. The van der Waals surface area contributed by atoms with Crippen LogP contribution in [-0.4, -0.2) is 11.8 Å². The number of benzene rings is 6. The maximum absolute atomic E-state index is 4.76. The van der Waals surface area contributed by atoms with Crippen LogP contribution in [0.2, 0.25) is 0 Å². The first kappa shape index (κ1) is 33.3. The standard InChI is InChI=1S/C51H45NS/c1-36-34-37(2)50(31-15-14-29-48(36)52-33-32-40-19-11-13-30-49(40)52)53(41-21-6-4-7-22-41,42-23-8-5-9-24-42)51-38(3)35-47-45(27-17-28-46(47)51)44-26-16-20-39-18-10-12-25-43(39)44/h4-30,34-35,50-51H,1,31-33H2,2-3H3/b15-14-,37-34-,48-29+. The first-order valence-corrected chi connectivity index (χ1v) is 20.6. The molecule has 0 N–H and O–H groups in total. The van der Waals surface area contributed by atoms with Gasteiger partial charge in [-0.1, -0.05) is 157 Å². The Morgan fingerprint density at radius 1 is 0.642 bits per heavy atom. The maximum atomic E-state index is 4.76. The van der Waals surface area contributed by atoms with Gasteiger partial charge < -0.3 is 4.90 Å². The second-order valence-corrected chi connectivity index (χ2v) is 18.0. The van der Waals surface area contributed by atoms with E-state index in [0.29, 0.717) is 0 Å². The average Bonchev–Trinajstić information content (AvgIpc) is 3.79. The molecular formula is C51H45NS. The summed E-state index contributed by atoms with van der Waals surface area (Å²) in [6.07, 6.45) is 13.9. The van der Waals surface area contributed by atoms with Crippen molar-refractivity contribution in [3.8, 4) is 11.1 Å². The van der Waals surface area contributed by atoms with E-state index in [9.17, 15) is 0 Å². The van der Waals surface area contributed by atoms with Gasteiger partial charge in [0.05, 0.1) is 0 Å². The van der Waals surface area contributed by atoms with Gasteiger partial charge in [-0.2, -0.15) is 10.0 Å². The summed E-state index contributed by atoms with van der Waals surface area (Å²) in [6, 6.07) is 54.3. The van der Waals surface area contributed by atoms with Crippen molar-refractivity contribution in [3.63, 3.8) is 0 Å². The highest BCUT2D eigenvalue weighted by atomic mass is 32.3. The van der Waals surface area contributed by atoms with Gasteiger partial charge in [0.15, 0.2) is 0 Å². The monoisotopic (exact) mass is 703 g/mol. The normalized spacial score (nSPS) is 21.3. The fraction of sp³-hybridized carbons (Fsp3) is 0.137. The number of fused-ring (bicyclic) bond motifs is 3. The van der Waals surface area contributed by atoms with Gasteiger partial charge in [0.2, 0.25) is 0 Å². The highest BCUT2D eigenvalue weighted by molar-refractivity contribution is 8.34. The molecule has 0 fully saturated rings. The van der Waals surface area contributed by atoms with Crippen molar-refractivity contribution in [2.75, 3.05) is 11.4 Å². The number of hydrogen-bond acceptors (Lipinski definition) is 1. The van der Waals surface area contributed by atoms with E-state index in [1.165, 1.54) is 70.9 Å². The van der Waals surface area contributed by atoms with Crippen LogP contribution < -0.4 is 4.90 Å². The second kappa shape index (κ2) is 13.8. The lowest BCUT2D eigenvalue weighted by Crippen LogP contribution is -2.26. The van der Waals surface area contributed by atoms with Gasteiger partial charge in [0, 0.05) is 28.4 Å². The minimum absolute atomic E-state index is 0.186. The summed E-state index contributed by atoms with van der Waals surface area (Å²) in [4.78, 5) is 5.31.